The van der Waals surface area contributed by atoms with Crippen LogP contribution in [0.1, 0.15) is 15.9 Å². The zero-order valence-electron chi connectivity index (χ0n) is 10.7. The van der Waals surface area contributed by atoms with Crippen LogP contribution in [0.5, 0.6) is 0 Å². The molecule has 2 heterocycles. The molecule has 0 aliphatic heterocycles. The van der Waals surface area contributed by atoms with E-state index in [9.17, 15) is 4.79 Å². The first kappa shape index (κ1) is 14.4. The molecule has 3 aromatic rings. The van der Waals surface area contributed by atoms with E-state index in [1.165, 1.54) is 0 Å². The summed E-state index contributed by atoms with van der Waals surface area (Å²) in [5, 5.41) is 2.04. The Morgan fingerprint density at radius 2 is 1.90 bits per heavy atom. The average molecular weight is 340 g/mol. The van der Waals surface area contributed by atoms with Gasteiger partial charge in [0.05, 0.1) is 15.1 Å². The van der Waals surface area contributed by atoms with E-state index in [1.807, 2.05) is 0 Å². The van der Waals surface area contributed by atoms with Crippen molar-refractivity contribution in [3.63, 3.8) is 0 Å². The second-order valence-corrected chi connectivity index (χ2v) is 5.79. The Morgan fingerprint density at radius 3 is 2.67 bits per heavy atom. The highest BCUT2D eigenvalue weighted by Crippen LogP contribution is 2.27. The number of rotatable bonds is 3. The first-order valence-corrected chi connectivity index (χ1v) is 7.28. The minimum absolute atomic E-state index is 0.0606. The van der Waals surface area contributed by atoms with Gasteiger partial charge in [0.25, 0.3) is 0 Å². The first-order chi connectivity index (χ1) is 10.1. The summed E-state index contributed by atoms with van der Waals surface area (Å²) >= 11 is 18.0. The molecule has 0 fully saturated rings. The Hall–Kier alpha value is -1.55. The molecule has 106 valence electrons. The molecular formula is C15H9Cl3N2O. The van der Waals surface area contributed by atoms with Crippen LogP contribution < -0.4 is 0 Å². The number of nitrogens with zero attached hydrogens (tertiary/aromatic N) is 1. The van der Waals surface area contributed by atoms with E-state index >= 15 is 0 Å². The maximum absolute atomic E-state index is 12.5. The van der Waals surface area contributed by atoms with Gasteiger partial charge < -0.3 is 4.98 Å². The number of carbonyl (C=O) groups is 1. The minimum atomic E-state index is -0.0606. The third-order valence-corrected chi connectivity index (χ3v) is 4.23. The van der Waals surface area contributed by atoms with Gasteiger partial charge >= 0.3 is 0 Å². The molecule has 0 aliphatic rings. The summed E-state index contributed by atoms with van der Waals surface area (Å²) in [5.41, 5.74) is 1.91. The van der Waals surface area contributed by atoms with Gasteiger partial charge in [0.1, 0.15) is 5.65 Å². The van der Waals surface area contributed by atoms with Crippen LogP contribution in [0.25, 0.3) is 11.0 Å². The van der Waals surface area contributed by atoms with Crippen LogP contribution in [-0.2, 0) is 6.42 Å². The van der Waals surface area contributed by atoms with Gasteiger partial charge in [-0.25, -0.2) is 4.98 Å². The van der Waals surface area contributed by atoms with Crippen molar-refractivity contribution in [2.75, 3.05) is 0 Å². The molecule has 0 atom stereocenters. The standard InChI is InChI=1S/C15H9Cl3N2O/c16-10-2-1-8(5-12(10)18)6-13(21)9-7-20-15-14(9)11(17)3-4-19-15/h1-5,7H,6H2,(H,19,20). The quantitative estimate of drug-likeness (QED) is 0.686. The summed E-state index contributed by atoms with van der Waals surface area (Å²) in [4.78, 5) is 19.6. The van der Waals surface area contributed by atoms with Crippen molar-refractivity contribution in [1.29, 1.82) is 0 Å². The van der Waals surface area contributed by atoms with Crippen molar-refractivity contribution in [1.82, 2.24) is 9.97 Å². The van der Waals surface area contributed by atoms with Crippen LogP contribution >= 0.6 is 34.8 Å². The molecule has 0 saturated carbocycles. The fourth-order valence-electron chi connectivity index (χ4n) is 2.17. The second-order valence-electron chi connectivity index (χ2n) is 4.57. The van der Waals surface area contributed by atoms with Gasteiger partial charge in [0, 0.05) is 29.8 Å². The number of aromatic nitrogens is 2. The normalized spacial score (nSPS) is 11.0. The van der Waals surface area contributed by atoms with E-state index in [4.69, 9.17) is 34.8 Å². The smallest absolute Gasteiger partial charge is 0.169 e. The van der Waals surface area contributed by atoms with Crippen LogP contribution in [0, 0.1) is 0 Å². The summed E-state index contributed by atoms with van der Waals surface area (Å²) < 4.78 is 0. The molecule has 0 unspecified atom stereocenters. The van der Waals surface area contributed by atoms with Crippen molar-refractivity contribution in [3.05, 3.63) is 62.9 Å². The zero-order valence-corrected chi connectivity index (χ0v) is 12.9. The van der Waals surface area contributed by atoms with E-state index < -0.39 is 0 Å². The summed E-state index contributed by atoms with van der Waals surface area (Å²) in [5.74, 6) is -0.0606. The highest BCUT2D eigenvalue weighted by Gasteiger charge is 2.16. The predicted molar refractivity (Wildman–Crippen MR) is 85.6 cm³/mol. The number of hydrogen-bond acceptors (Lipinski definition) is 2. The third kappa shape index (κ3) is 2.77. The number of Topliss-reactive ketones (excluding diaryl/α,β-unsaturated/α-hetero) is 1. The molecule has 0 bridgehead atoms. The van der Waals surface area contributed by atoms with Gasteiger partial charge in [-0.05, 0) is 23.8 Å². The Kier molecular flexibility index (Phi) is 3.89. The molecule has 1 aromatic carbocycles. The molecule has 21 heavy (non-hydrogen) atoms. The molecule has 2 aromatic heterocycles. The summed E-state index contributed by atoms with van der Waals surface area (Å²) in [7, 11) is 0. The SMILES string of the molecule is O=C(Cc1ccc(Cl)c(Cl)c1)c1c[nH]c2nccc(Cl)c12. The molecule has 0 saturated heterocycles. The van der Waals surface area contributed by atoms with Crippen molar-refractivity contribution in [2.45, 2.75) is 6.42 Å². The van der Waals surface area contributed by atoms with Gasteiger partial charge in [-0.2, -0.15) is 0 Å². The largest absolute Gasteiger partial charge is 0.345 e. The molecule has 3 rings (SSSR count). The van der Waals surface area contributed by atoms with Gasteiger partial charge in [0.15, 0.2) is 5.78 Å². The van der Waals surface area contributed by atoms with E-state index in [1.54, 1.807) is 36.7 Å². The van der Waals surface area contributed by atoms with E-state index in [-0.39, 0.29) is 12.2 Å². The fourth-order valence-corrected chi connectivity index (χ4v) is 2.74. The number of hydrogen-bond donors (Lipinski definition) is 1. The van der Waals surface area contributed by atoms with Gasteiger partial charge in [0.2, 0.25) is 0 Å². The summed E-state index contributed by atoms with van der Waals surface area (Å²) in [6, 6.07) is 6.81. The maximum Gasteiger partial charge on any atom is 0.169 e. The summed E-state index contributed by atoms with van der Waals surface area (Å²) in [6.07, 6.45) is 3.44. The number of carbonyl (C=O) groups excluding carboxylic acids is 1. The average Bonchev–Trinajstić information content (AvgIpc) is 2.88. The minimum Gasteiger partial charge on any atom is -0.345 e. The van der Waals surface area contributed by atoms with Crippen molar-refractivity contribution >= 4 is 51.6 Å². The van der Waals surface area contributed by atoms with E-state index in [0.717, 1.165) is 5.56 Å². The lowest BCUT2D eigenvalue weighted by atomic mass is 10.0. The molecule has 0 aliphatic carbocycles. The lowest BCUT2D eigenvalue weighted by Gasteiger charge is -2.03. The molecule has 1 N–H and O–H groups in total. The molecule has 0 spiro atoms. The number of H-pyrrole nitrogens is 1. The molecule has 0 amide bonds. The predicted octanol–water partition coefficient (Wildman–Crippen LogP) is 4.95. The number of halogens is 3. The Labute approximate surface area is 135 Å². The number of aromatic amines is 1. The summed E-state index contributed by atoms with van der Waals surface area (Å²) in [6.45, 7) is 0. The van der Waals surface area contributed by atoms with Crippen LogP contribution in [0.2, 0.25) is 15.1 Å². The molecule has 0 radical (unpaired) electrons. The number of benzene rings is 1. The van der Waals surface area contributed by atoms with Gasteiger partial charge in [-0.15, -0.1) is 0 Å². The molecule has 3 nitrogen and oxygen atoms in total. The lowest BCUT2D eigenvalue weighted by molar-refractivity contribution is 0.0994. The topological polar surface area (TPSA) is 45.8 Å². The number of nitrogens with one attached hydrogen (secondary N) is 1. The lowest BCUT2D eigenvalue weighted by Crippen LogP contribution is -2.03. The number of pyridine rings is 1. The number of fused-ring (bicyclic) bond motifs is 1. The first-order valence-electron chi connectivity index (χ1n) is 6.15. The van der Waals surface area contributed by atoms with Crippen LogP contribution in [0.15, 0.2) is 36.7 Å². The molecular weight excluding hydrogens is 331 g/mol. The Balaban J connectivity index is 1.95. The monoisotopic (exact) mass is 338 g/mol. The van der Waals surface area contributed by atoms with Crippen molar-refractivity contribution in [3.8, 4) is 0 Å². The van der Waals surface area contributed by atoms with Gasteiger partial charge in [-0.3, -0.25) is 4.79 Å². The Morgan fingerprint density at radius 1 is 1.10 bits per heavy atom. The van der Waals surface area contributed by atoms with Crippen molar-refractivity contribution in [2.24, 2.45) is 0 Å². The van der Waals surface area contributed by atoms with Gasteiger partial charge in [-0.1, -0.05) is 40.9 Å². The van der Waals surface area contributed by atoms with Crippen molar-refractivity contribution < 1.29 is 4.79 Å². The highest BCUT2D eigenvalue weighted by atomic mass is 35.5. The highest BCUT2D eigenvalue weighted by molar-refractivity contribution is 6.42. The third-order valence-electron chi connectivity index (χ3n) is 3.17. The van der Waals surface area contributed by atoms with E-state index in [2.05, 4.69) is 9.97 Å². The van der Waals surface area contributed by atoms with Crippen LogP contribution in [-0.4, -0.2) is 15.8 Å². The van der Waals surface area contributed by atoms with Crippen LogP contribution in [0.4, 0.5) is 0 Å². The van der Waals surface area contributed by atoms with E-state index in [0.29, 0.717) is 31.7 Å². The maximum atomic E-state index is 12.5. The fraction of sp³-hybridized carbons (Fsp3) is 0.0667. The second kappa shape index (κ2) is 5.68. The molecule has 6 heteroatoms. The van der Waals surface area contributed by atoms with Crippen LogP contribution in [0.3, 0.4) is 0 Å². The Bertz CT molecular complexity index is 842. The zero-order chi connectivity index (χ0) is 15.0. The number of ketones is 1.